The molecule has 2 aliphatic rings. The lowest BCUT2D eigenvalue weighted by molar-refractivity contribution is 0.166. The van der Waals surface area contributed by atoms with Crippen molar-refractivity contribution in [2.75, 3.05) is 0 Å². The number of nitrogens with one attached hydrogen (secondary N) is 1. The molecule has 0 spiro atoms. The number of hydrogen-bond donors (Lipinski definition) is 1. The van der Waals surface area contributed by atoms with Gasteiger partial charge in [0, 0.05) is 25.6 Å². The van der Waals surface area contributed by atoms with Gasteiger partial charge in [-0.2, -0.15) is 0 Å². The van der Waals surface area contributed by atoms with E-state index >= 15 is 0 Å². The highest BCUT2D eigenvalue weighted by molar-refractivity contribution is 5.74. The van der Waals surface area contributed by atoms with Crippen LogP contribution in [-0.4, -0.2) is 31.7 Å². The second-order valence-electron chi connectivity index (χ2n) is 7.14. The summed E-state index contributed by atoms with van der Waals surface area (Å²) in [6.07, 6.45) is 4.54. The van der Waals surface area contributed by atoms with Gasteiger partial charge >= 0.3 is 6.03 Å². The summed E-state index contributed by atoms with van der Waals surface area (Å²) in [6.45, 7) is 4.20. The van der Waals surface area contributed by atoms with Crippen molar-refractivity contribution in [3.63, 3.8) is 0 Å². The first kappa shape index (κ1) is 16.1. The van der Waals surface area contributed by atoms with Crippen LogP contribution in [0.4, 0.5) is 4.79 Å². The Bertz CT molecular complexity index is 738. The number of amides is 2. The molecule has 1 aromatic carbocycles. The average Bonchev–Trinajstić information content (AvgIpc) is 3.26. The van der Waals surface area contributed by atoms with Gasteiger partial charge in [0.2, 0.25) is 0 Å². The summed E-state index contributed by atoms with van der Waals surface area (Å²) in [7, 11) is 0. The van der Waals surface area contributed by atoms with E-state index in [-0.39, 0.29) is 12.1 Å². The molecule has 132 valence electrons. The van der Waals surface area contributed by atoms with Crippen LogP contribution < -0.4 is 5.32 Å². The van der Waals surface area contributed by atoms with Crippen LogP contribution in [0.3, 0.4) is 0 Å². The van der Waals surface area contributed by atoms with E-state index in [0.29, 0.717) is 19.0 Å². The third kappa shape index (κ3) is 3.52. The molecular weight excluding hydrogens is 314 g/mol. The molecular formula is C19H25N5O. The fourth-order valence-electron chi connectivity index (χ4n) is 3.61. The van der Waals surface area contributed by atoms with Crippen molar-refractivity contribution in [1.29, 1.82) is 0 Å². The van der Waals surface area contributed by atoms with Crippen molar-refractivity contribution >= 4 is 6.03 Å². The van der Waals surface area contributed by atoms with Crippen molar-refractivity contribution < 1.29 is 4.79 Å². The summed E-state index contributed by atoms with van der Waals surface area (Å²) < 4.78 is 2.13. The molecule has 1 aromatic heterocycles. The monoisotopic (exact) mass is 339 g/mol. The Labute approximate surface area is 148 Å². The maximum absolute atomic E-state index is 12.9. The summed E-state index contributed by atoms with van der Waals surface area (Å²) in [5.41, 5.74) is 1.16. The predicted octanol–water partition coefficient (Wildman–Crippen LogP) is 2.73. The van der Waals surface area contributed by atoms with Gasteiger partial charge in [-0.25, -0.2) is 4.79 Å². The Morgan fingerprint density at radius 2 is 2.12 bits per heavy atom. The number of hydrogen-bond acceptors (Lipinski definition) is 3. The third-order valence-corrected chi connectivity index (χ3v) is 5.34. The molecule has 1 atom stereocenters. The number of urea groups is 1. The largest absolute Gasteiger partial charge is 0.331 e. The van der Waals surface area contributed by atoms with Gasteiger partial charge in [-0.05, 0) is 37.7 Å². The van der Waals surface area contributed by atoms with Gasteiger partial charge in [0.15, 0.2) is 5.82 Å². The maximum Gasteiger partial charge on any atom is 0.318 e. The predicted molar refractivity (Wildman–Crippen MR) is 94.7 cm³/mol. The summed E-state index contributed by atoms with van der Waals surface area (Å²) in [5, 5.41) is 11.5. The molecule has 6 heteroatoms. The molecule has 0 saturated heterocycles. The lowest BCUT2D eigenvalue weighted by Crippen LogP contribution is -2.45. The highest BCUT2D eigenvalue weighted by Crippen LogP contribution is 2.35. The van der Waals surface area contributed by atoms with Gasteiger partial charge in [-0.3, -0.25) is 0 Å². The minimum atomic E-state index is -0.0152. The van der Waals surface area contributed by atoms with Crippen LogP contribution in [0.25, 0.3) is 0 Å². The summed E-state index contributed by atoms with van der Waals surface area (Å²) >= 11 is 0. The van der Waals surface area contributed by atoms with Crippen molar-refractivity contribution in [2.45, 2.75) is 58.3 Å². The van der Waals surface area contributed by atoms with Crippen molar-refractivity contribution in [3.8, 4) is 0 Å². The van der Waals surface area contributed by atoms with E-state index in [1.807, 2.05) is 23.1 Å². The zero-order valence-electron chi connectivity index (χ0n) is 14.7. The van der Waals surface area contributed by atoms with Crippen LogP contribution in [0.5, 0.6) is 0 Å². The SMILES string of the molecule is C[C@@H](C1CC1)N(Cc1ccccc1)C(=O)NCc1nnc2n1CCC2. The fourth-order valence-corrected chi connectivity index (χ4v) is 3.61. The molecule has 1 fully saturated rings. The number of rotatable bonds is 6. The normalized spacial score (nSPS) is 17.2. The highest BCUT2D eigenvalue weighted by atomic mass is 16.2. The summed E-state index contributed by atoms with van der Waals surface area (Å²) in [4.78, 5) is 14.8. The Hall–Kier alpha value is -2.37. The molecule has 0 unspecified atom stereocenters. The molecule has 1 aliphatic heterocycles. The molecule has 1 N–H and O–H groups in total. The number of fused-ring (bicyclic) bond motifs is 1. The van der Waals surface area contributed by atoms with Crippen molar-refractivity contribution in [3.05, 3.63) is 47.5 Å². The van der Waals surface area contributed by atoms with Crippen molar-refractivity contribution in [2.24, 2.45) is 5.92 Å². The van der Waals surface area contributed by atoms with Gasteiger partial charge in [-0.15, -0.1) is 10.2 Å². The quantitative estimate of drug-likeness (QED) is 0.880. The zero-order valence-corrected chi connectivity index (χ0v) is 14.7. The van der Waals surface area contributed by atoms with Crippen molar-refractivity contribution in [1.82, 2.24) is 25.0 Å². The Morgan fingerprint density at radius 3 is 2.88 bits per heavy atom. The molecule has 0 bridgehead atoms. The van der Waals surface area contributed by atoms with Crippen LogP contribution in [0, 0.1) is 5.92 Å². The molecule has 2 amide bonds. The van der Waals surface area contributed by atoms with Gasteiger partial charge in [0.25, 0.3) is 0 Å². The first-order valence-corrected chi connectivity index (χ1v) is 9.21. The minimum absolute atomic E-state index is 0.0152. The molecule has 25 heavy (non-hydrogen) atoms. The summed E-state index contributed by atoms with van der Waals surface area (Å²) in [5.74, 6) is 2.53. The van der Waals surface area contributed by atoms with Gasteiger partial charge < -0.3 is 14.8 Å². The Morgan fingerprint density at radius 1 is 1.32 bits per heavy atom. The standard InChI is InChI=1S/C19H25N5O/c1-14(16-9-10-16)24(13-15-6-3-2-4-7-15)19(25)20-12-18-22-21-17-8-5-11-23(17)18/h2-4,6-7,14,16H,5,8-13H2,1H3,(H,20,25)/t14-/m0/s1. The molecule has 2 aromatic rings. The van der Waals surface area contributed by atoms with E-state index in [1.165, 1.54) is 12.8 Å². The van der Waals surface area contributed by atoms with Crippen LogP contribution in [0.15, 0.2) is 30.3 Å². The van der Waals surface area contributed by atoms with Gasteiger partial charge in [0.05, 0.1) is 6.54 Å². The lowest BCUT2D eigenvalue weighted by atomic mass is 10.1. The van der Waals surface area contributed by atoms with E-state index in [2.05, 4.69) is 39.1 Å². The third-order valence-electron chi connectivity index (χ3n) is 5.34. The topological polar surface area (TPSA) is 63.1 Å². The summed E-state index contributed by atoms with van der Waals surface area (Å²) in [6, 6.07) is 10.4. The first-order chi connectivity index (χ1) is 12.2. The second kappa shape index (κ2) is 6.86. The van der Waals surface area contributed by atoms with E-state index < -0.39 is 0 Å². The number of aromatic nitrogens is 3. The molecule has 0 radical (unpaired) electrons. The second-order valence-corrected chi connectivity index (χ2v) is 7.14. The van der Waals surface area contributed by atoms with E-state index in [4.69, 9.17) is 0 Å². The zero-order chi connectivity index (χ0) is 17.2. The van der Waals surface area contributed by atoms with Crippen LogP contribution >= 0.6 is 0 Å². The van der Waals surface area contributed by atoms with E-state index in [9.17, 15) is 4.79 Å². The molecule has 1 saturated carbocycles. The molecule has 1 aliphatic carbocycles. The average molecular weight is 339 g/mol. The fraction of sp³-hybridized carbons (Fsp3) is 0.526. The van der Waals surface area contributed by atoms with E-state index in [1.54, 1.807) is 0 Å². The van der Waals surface area contributed by atoms with Gasteiger partial charge in [-0.1, -0.05) is 30.3 Å². The smallest absolute Gasteiger partial charge is 0.318 e. The van der Waals surface area contributed by atoms with Crippen LogP contribution in [-0.2, 0) is 26.1 Å². The van der Waals surface area contributed by atoms with E-state index in [0.717, 1.165) is 36.6 Å². The first-order valence-electron chi connectivity index (χ1n) is 9.21. The lowest BCUT2D eigenvalue weighted by Gasteiger charge is -2.29. The molecule has 2 heterocycles. The number of benzene rings is 1. The number of aryl methyl sites for hydroxylation is 1. The minimum Gasteiger partial charge on any atom is -0.331 e. The number of nitrogens with zero attached hydrogens (tertiary/aromatic N) is 4. The Balaban J connectivity index is 1.43. The number of carbonyl (C=O) groups is 1. The molecule has 6 nitrogen and oxygen atoms in total. The van der Waals surface area contributed by atoms with Crippen LogP contribution in [0.1, 0.15) is 43.4 Å². The highest BCUT2D eigenvalue weighted by Gasteiger charge is 2.34. The maximum atomic E-state index is 12.9. The Kier molecular flexibility index (Phi) is 4.42. The number of carbonyl (C=O) groups excluding carboxylic acids is 1. The van der Waals surface area contributed by atoms with Crippen LogP contribution in [0.2, 0.25) is 0 Å². The molecule has 4 rings (SSSR count). The van der Waals surface area contributed by atoms with Gasteiger partial charge in [0.1, 0.15) is 5.82 Å².